The number of halogens is 1. The number of pyridine rings is 1. The number of esters is 1. The number of amides is 1. The molecule has 1 heterocycles. The monoisotopic (exact) mass is 465 g/mol. The van der Waals surface area contributed by atoms with Gasteiger partial charge in [-0.05, 0) is 43.2 Å². The Morgan fingerprint density at radius 1 is 1.19 bits per heavy atom. The number of hydrogen-bond acceptors (Lipinski definition) is 6. The lowest BCUT2D eigenvalue weighted by Gasteiger charge is -2.30. The van der Waals surface area contributed by atoms with E-state index in [4.69, 9.17) is 16.3 Å². The van der Waals surface area contributed by atoms with Gasteiger partial charge in [-0.25, -0.2) is 18.2 Å². The zero-order valence-electron chi connectivity index (χ0n) is 17.1. The lowest BCUT2D eigenvalue weighted by atomic mass is 9.96. The number of sulfonamides is 1. The molecular formula is C21H24ClN3O5S. The summed E-state index contributed by atoms with van der Waals surface area (Å²) in [5.74, 6) is -1.39. The molecule has 0 aliphatic heterocycles. The van der Waals surface area contributed by atoms with Crippen molar-refractivity contribution in [2.75, 3.05) is 19.0 Å². The second-order valence-corrected chi connectivity index (χ2v) is 9.66. The molecule has 3 rings (SSSR count). The Morgan fingerprint density at radius 2 is 1.94 bits per heavy atom. The largest absolute Gasteiger partial charge is 0.452 e. The SMILES string of the molecule is CN(C1CCCCC1)S(=O)(=O)c1cccc(C(=O)OCC(=O)Nc2cccnc2Cl)c1. The van der Waals surface area contributed by atoms with Crippen LogP contribution in [0, 0.1) is 0 Å². The van der Waals surface area contributed by atoms with Gasteiger partial charge in [0.15, 0.2) is 11.8 Å². The molecule has 31 heavy (non-hydrogen) atoms. The van der Waals surface area contributed by atoms with Crippen molar-refractivity contribution in [2.45, 2.75) is 43.0 Å². The van der Waals surface area contributed by atoms with Gasteiger partial charge in [0, 0.05) is 19.3 Å². The maximum Gasteiger partial charge on any atom is 0.338 e. The van der Waals surface area contributed by atoms with Gasteiger partial charge in [-0.3, -0.25) is 4.79 Å². The highest BCUT2D eigenvalue weighted by Gasteiger charge is 2.29. The highest BCUT2D eigenvalue weighted by atomic mass is 35.5. The van der Waals surface area contributed by atoms with Crippen molar-refractivity contribution >= 4 is 39.2 Å². The highest BCUT2D eigenvalue weighted by molar-refractivity contribution is 7.89. The molecule has 1 amide bonds. The minimum Gasteiger partial charge on any atom is -0.452 e. The topological polar surface area (TPSA) is 106 Å². The predicted octanol–water partition coefficient (Wildman–Crippen LogP) is 3.48. The standard InChI is InChI=1S/C21H24ClN3O5S/c1-25(16-8-3-2-4-9-16)31(28,29)17-10-5-7-15(13-17)21(27)30-14-19(26)24-18-11-6-12-23-20(18)22/h5-7,10-13,16H,2-4,8-9,14H2,1H3,(H,24,26). The average molecular weight is 466 g/mol. The Balaban J connectivity index is 1.64. The summed E-state index contributed by atoms with van der Waals surface area (Å²) in [6.45, 7) is -0.553. The third-order valence-corrected chi connectivity index (χ3v) is 7.41. The van der Waals surface area contributed by atoms with Crippen molar-refractivity contribution in [2.24, 2.45) is 0 Å². The summed E-state index contributed by atoms with van der Waals surface area (Å²) in [4.78, 5) is 28.2. The first-order valence-electron chi connectivity index (χ1n) is 9.94. The lowest BCUT2D eigenvalue weighted by Crippen LogP contribution is -2.38. The number of carbonyl (C=O) groups is 2. The van der Waals surface area contributed by atoms with Crippen LogP contribution in [-0.4, -0.2) is 49.3 Å². The average Bonchev–Trinajstić information content (AvgIpc) is 2.79. The zero-order chi connectivity index (χ0) is 22.4. The Morgan fingerprint density at radius 3 is 2.65 bits per heavy atom. The van der Waals surface area contributed by atoms with E-state index < -0.39 is 28.5 Å². The van der Waals surface area contributed by atoms with Gasteiger partial charge < -0.3 is 10.1 Å². The van der Waals surface area contributed by atoms with E-state index in [1.807, 2.05) is 0 Å². The molecule has 0 atom stereocenters. The number of aromatic nitrogens is 1. The van der Waals surface area contributed by atoms with Crippen LogP contribution < -0.4 is 5.32 Å². The molecule has 1 aromatic carbocycles. The minimum atomic E-state index is -3.75. The van der Waals surface area contributed by atoms with Gasteiger partial charge in [-0.15, -0.1) is 0 Å². The van der Waals surface area contributed by atoms with Crippen LogP contribution in [-0.2, 0) is 19.6 Å². The normalized spacial score (nSPS) is 14.9. The smallest absolute Gasteiger partial charge is 0.338 e. The molecule has 0 bridgehead atoms. The molecule has 1 aromatic heterocycles. The van der Waals surface area contributed by atoms with Crippen LogP contribution in [0.5, 0.6) is 0 Å². The van der Waals surface area contributed by atoms with Crippen LogP contribution in [0.2, 0.25) is 5.15 Å². The molecule has 1 aliphatic carbocycles. The van der Waals surface area contributed by atoms with E-state index in [1.165, 1.54) is 34.8 Å². The highest BCUT2D eigenvalue weighted by Crippen LogP contribution is 2.27. The summed E-state index contributed by atoms with van der Waals surface area (Å²) < 4.78 is 32.4. The van der Waals surface area contributed by atoms with Crippen molar-refractivity contribution in [1.29, 1.82) is 0 Å². The number of ether oxygens (including phenoxy) is 1. The van der Waals surface area contributed by atoms with E-state index in [9.17, 15) is 18.0 Å². The molecule has 166 valence electrons. The van der Waals surface area contributed by atoms with Crippen molar-refractivity contribution < 1.29 is 22.7 Å². The second kappa shape index (κ2) is 10.2. The first-order chi connectivity index (χ1) is 14.8. The third kappa shape index (κ3) is 5.81. The summed E-state index contributed by atoms with van der Waals surface area (Å²) in [5, 5.41) is 2.60. The van der Waals surface area contributed by atoms with E-state index in [2.05, 4.69) is 10.3 Å². The second-order valence-electron chi connectivity index (χ2n) is 7.31. The van der Waals surface area contributed by atoms with Crippen LogP contribution in [0.1, 0.15) is 42.5 Å². The van der Waals surface area contributed by atoms with E-state index in [0.717, 1.165) is 32.1 Å². The van der Waals surface area contributed by atoms with Gasteiger partial charge in [0.25, 0.3) is 5.91 Å². The number of nitrogens with one attached hydrogen (secondary N) is 1. The number of nitrogens with zero attached hydrogens (tertiary/aromatic N) is 2. The quantitative estimate of drug-likeness (QED) is 0.495. The van der Waals surface area contributed by atoms with Crippen molar-refractivity contribution in [1.82, 2.24) is 9.29 Å². The molecule has 1 fully saturated rings. The Kier molecular flexibility index (Phi) is 7.64. The predicted molar refractivity (Wildman–Crippen MR) is 116 cm³/mol. The summed E-state index contributed by atoms with van der Waals surface area (Å²) >= 11 is 5.87. The first kappa shape index (κ1) is 23.2. The molecule has 2 aromatic rings. The van der Waals surface area contributed by atoms with Gasteiger partial charge in [0.1, 0.15) is 0 Å². The summed E-state index contributed by atoms with van der Waals surface area (Å²) in [6, 6.07) is 8.76. The Labute approximate surface area is 186 Å². The maximum absolute atomic E-state index is 13.0. The number of benzene rings is 1. The number of anilines is 1. The van der Waals surface area contributed by atoms with Gasteiger partial charge in [0.05, 0.1) is 16.1 Å². The van der Waals surface area contributed by atoms with Gasteiger partial charge in [-0.1, -0.05) is 36.9 Å². The van der Waals surface area contributed by atoms with Crippen LogP contribution in [0.25, 0.3) is 0 Å². The van der Waals surface area contributed by atoms with Crippen molar-refractivity contribution in [3.8, 4) is 0 Å². The molecule has 0 unspecified atom stereocenters. The molecule has 1 aliphatic rings. The number of hydrogen-bond donors (Lipinski definition) is 1. The van der Waals surface area contributed by atoms with Gasteiger partial charge >= 0.3 is 5.97 Å². The van der Waals surface area contributed by atoms with Crippen LogP contribution >= 0.6 is 11.6 Å². The first-order valence-corrected chi connectivity index (χ1v) is 11.8. The van der Waals surface area contributed by atoms with Crippen molar-refractivity contribution in [3.63, 3.8) is 0 Å². The van der Waals surface area contributed by atoms with Crippen LogP contribution in [0.15, 0.2) is 47.5 Å². The van der Waals surface area contributed by atoms with E-state index in [0.29, 0.717) is 5.69 Å². The Hall–Kier alpha value is -2.49. The molecule has 10 heteroatoms. The number of carbonyl (C=O) groups excluding carboxylic acids is 2. The van der Waals surface area contributed by atoms with E-state index in [-0.39, 0.29) is 21.7 Å². The van der Waals surface area contributed by atoms with Crippen LogP contribution in [0.3, 0.4) is 0 Å². The zero-order valence-corrected chi connectivity index (χ0v) is 18.7. The summed E-state index contributed by atoms with van der Waals surface area (Å²) in [7, 11) is -2.17. The summed E-state index contributed by atoms with van der Waals surface area (Å²) in [5.41, 5.74) is 0.342. The molecule has 0 saturated heterocycles. The molecule has 1 N–H and O–H groups in total. The fourth-order valence-electron chi connectivity index (χ4n) is 3.47. The molecular weight excluding hydrogens is 442 g/mol. The Bertz CT molecular complexity index is 1050. The molecule has 8 nitrogen and oxygen atoms in total. The van der Waals surface area contributed by atoms with Gasteiger partial charge in [-0.2, -0.15) is 4.31 Å². The molecule has 0 radical (unpaired) electrons. The van der Waals surface area contributed by atoms with Crippen LogP contribution in [0.4, 0.5) is 5.69 Å². The third-order valence-electron chi connectivity index (χ3n) is 5.20. The molecule has 1 saturated carbocycles. The fourth-order valence-corrected chi connectivity index (χ4v) is 5.10. The van der Waals surface area contributed by atoms with Crippen molar-refractivity contribution in [3.05, 3.63) is 53.3 Å². The molecule has 0 spiro atoms. The number of rotatable bonds is 7. The minimum absolute atomic E-state index is 0.0154. The van der Waals surface area contributed by atoms with E-state index in [1.54, 1.807) is 19.2 Å². The van der Waals surface area contributed by atoms with E-state index >= 15 is 0 Å². The summed E-state index contributed by atoms with van der Waals surface area (Å²) in [6.07, 6.45) is 6.25. The van der Waals surface area contributed by atoms with Gasteiger partial charge in [0.2, 0.25) is 10.0 Å². The fraction of sp³-hybridized carbons (Fsp3) is 0.381. The lowest BCUT2D eigenvalue weighted by molar-refractivity contribution is -0.119. The maximum atomic E-state index is 13.0.